The Kier molecular flexibility index (Phi) is 32.2. The van der Waals surface area contributed by atoms with Gasteiger partial charge in [-0.2, -0.15) is 0 Å². The van der Waals surface area contributed by atoms with E-state index in [1.54, 1.807) is 33.1 Å². The van der Waals surface area contributed by atoms with E-state index in [-0.39, 0.29) is 6.42 Å². The maximum absolute atomic E-state index is 10.4. The molecule has 9 nitrogen and oxygen atoms in total. The highest BCUT2D eigenvalue weighted by Crippen LogP contribution is 2.31. The van der Waals surface area contributed by atoms with Gasteiger partial charge in [-0.25, -0.2) is 0 Å². The van der Waals surface area contributed by atoms with E-state index in [1.807, 2.05) is 84.2 Å². The molecule has 0 atom stereocenters. The standard InChI is InChI=1S/C17H26O3S.C15H22O3S.C13H18O3S/c1-20-15-11-8-9-12-16(15)21-14-10-6-4-2-3-5-7-13-17(18)19;1-18-13-9-6-7-10-14(13)19-12-8-4-2-3-5-11-15(16)17;1-16-11-7-4-5-8-12(11)17-10-6-2-3-9-13(14)15/h8-9,11-12H,2-7,10,13-14H2,1H3,(H,18,19);6-7,9-10H,2-5,8,11-12H2,1H3,(H,16,17);4-5,7-8H,2-3,6,9-10H2,1H3,(H,14,15). The molecule has 3 rings (SSSR count). The average Bonchev–Trinajstić information content (AvgIpc) is 3.21. The summed E-state index contributed by atoms with van der Waals surface area (Å²) >= 11 is 5.44. The molecule has 3 aromatic carbocycles. The molecule has 3 N–H and O–H groups in total. The number of carboxylic acid groups (broad SMARTS) is 3. The van der Waals surface area contributed by atoms with Crippen molar-refractivity contribution in [3.63, 3.8) is 0 Å². The second-order valence-corrected chi connectivity index (χ2v) is 16.6. The van der Waals surface area contributed by atoms with E-state index in [0.717, 1.165) is 104 Å². The van der Waals surface area contributed by atoms with Gasteiger partial charge in [0.05, 0.1) is 21.3 Å². The summed E-state index contributed by atoms with van der Waals surface area (Å²) in [6, 6.07) is 24.1. The Morgan fingerprint density at radius 2 is 0.614 bits per heavy atom. The molecular weight excluding hydrogens is 781 g/mol. The number of benzene rings is 3. The third kappa shape index (κ3) is 28.6. The Balaban J connectivity index is 0.000000430. The van der Waals surface area contributed by atoms with Gasteiger partial charge >= 0.3 is 17.9 Å². The first-order valence-corrected chi connectivity index (χ1v) is 23.1. The first-order chi connectivity index (χ1) is 27.7. The third-order valence-corrected chi connectivity index (χ3v) is 12.0. The van der Waals surface area contributed by atoms with Gasteiger partial charge in [0, 0.05) is 33.9 Å². The molecule has 3 aromatic rings. The summed E-state index contributed by atoms with van der Waals surface area (Å²) in [6.07, 6.45) is 16.9. The van der Waals surface area contributed by atoms with Crippen LogP contribution >= 0.6 is 35.3 Å². The molecule has 57 heavy (non-hydrogen) atoms. The van der Waals surface area contributed by atoms with Gasteiger partial charge in [0.25, 0.3) is 0 Å². The summed E-state index contributed by atoms with van der Waals surface area (Å²) in [5.41, 5.74) is 0. The quantitative estimate of drug-likeness (QED) is 0.0434. The number of unbranched alkanes of at least 4 members (excludes halogenated alkanes) is 12. The Hall–Kier alpha value is -3.48. The van der Waals surface area contributed by atoms with Crippen molar-refractivity contribution < 1.29 is 43.9 Å². The summed E-state index contributed by atoms with van der Waals surface area (Å²) in [6.45, 7) is 0. The topological polar surface area (TPSA) is 140 Å². The lowest BCUT2D eigenvalue weighted by Crippen LogP contribution is -1.94. The van der Waals surface area contributed by atoms with Crippen molar-refractivity contribution in [3.8, 4) is 17.2 Å². The molecule has 0 aromatic heterocycles. The molecule has 12 heteroatoms. The van der Waals surface area contributed by atoms with Crippen molar-refractivity contribution in [2.24, 2.45) is 0 Å². The Labute approximate surface area is 354 Å². The van der Waals surface area contributed by atoms with E-state index >= 15 is 0 Å². The number of rotatable bonds is 30. The van der Waals surface area contributed by atoms with Crippen LogP contribution in [0.3, 0.4) is 0 Å². The monoisotopic (exact) mass is 846 g/mol. The summed E-state index contributed by atoms with van der Waals surface area (Å²) in [7, 11) is 5.08. The van der Waals surface area contributed by atoms with Crippen LogP contribution in [0, 0.1) is 0 Å². The van der Waals surface area contributed by atoms with Crippen LogP contribution in [0.2, 0.25) is 0 Å². The molecule has 318 valence electrons. The summed E-state index contributed by atoms with van der Waals surface area (Å²) in [4.78, 5) is 34.6. The zero-order valence-corrected chi connectivity index (χ0v) is 36.7. The number of carbonyl (C=O) groups is 3. The van der Waals surface area contributed by atoms with Gasteiger partial charge in [-0.1, -0.05) is 94.2 Å². The first-order valence-electron chi connectivity index (χ1n) is 20.1. The van der Waals surface area contributed by atoms with Gasteiger partial charge in [-0.3, -0.25) is 14.4 Å². The summed E-state index contributed by atoms with van der Waals surface area (Å²) in [5.74, 6) is 3.94. The minimum absolute atomic E-state index is 0.277. The highest BCUT2D eigenvalue weighted by atomic mass is 32.2. The molecule has 0 radical (unpaired) electrons. The van der Waals surface area contributed by atoms with Crippen LogP contribution in [-0.2, 0) is 14.4 Å². The molecule has 0 saturated heterocycles. The lowest BCUT2D eigenvalue weighted by Gasteiger charge is -2.07. The smallest absolute Gasteiger partial charge is 0.303 e. The van der Waals surface area contributed by atoms with Crippen LogP contribution in [-0.4, -0.2) is 71.8 Å². The molecule has 0 heterocycles. The number of para-hydroxylation sites is 3. The molecule has 0 aliphatic rings. The zero-order chi connectivity index (χ0) is 41.8. The largest absolute Gasteiger partial charge is 0.496 e. The van der Waals surface area contributed by atoms with E-state index in [2.05, 4.69) is 12.1 Å². The number of aliphatic carboxylic acids is 3. The van der Waals surface area contributed by atoms with E-state index < -0.39 is 17.9 Å². The van der Waals surface area contributed by atoms with Crippen LogP contribution in [0.25, 0.3) is 0 Å². The van der Waals surface area contributed by atoms with E-state index in [4.69, 9.17) is 29.5 Å². The number of hydrogen-bond acceptors (Lipinski definition) is 9. The maximum Gasteiger partial charge on any atom is 0.303 e. The van der Waals surface area contributed by atoms with Crippen molar-refractivity contribution in [2.75, 3.05) is 38.6 Å². The Morgan fingerprint density at radius 1 is 0.386 bits per heavy atom. The predicted molar refractivity (Wildman–Crippen MR) is 237 cm³/mol. The van der Waals surface area contributed by atoms with E-state index in [9.17, 15) is 14.4 Å². The third-order valence-electron chi connectivity index (χ3n) is 8.58. The first kappa shape index (κ1) is 51.5. The van der Waals surface area contributed by atoms with Crippen LogP contribution in [0.4, 0.5) is 0 Å². The van der Waals surface area contributed by atoms with Crippen molar-refractivity contribution in [3.05, 3.63) is 72.8 Å². The number of ether oxygens (including phenoxy) is 3. The van der Waals surface area contributed by atoms with Crippen LogP contribution < -0.4 is 14.2 Å². The van der Waals surface area contributed by atoms with Gasteiger partial charge in [-0.05, 0) is 92.2 Å². The normalized spacial score (nSPS) is 10.4. The fourth-order valence-corrected chi connectivity index (χ4v) is 8.60. The Bertz CT molecular complexity index is 1490. The molecule has 0 aliphatic carbocycles. The molecular formula is C45H66O9S3. The van der Waals surface area contributed by atoms with Crippen LogP contribution in [0.1, 0.15) is 116 Å². The van der Waals surface area contributed by atoms with Gasteiger partial charge in [0.15, 0.2) is 0 Å². The lowest BCUT2D eigenvalue weighted by atomic mass is 10.1. The number of carboxylic acids is 3. The van der Waals surface area contributed by atoms with Gasteiger partial charge in [-0.15, -0.1) is 35.3 Å². The second kappa shape index (κ2) is 35.7. The van der Waals surface area contributed by atoms with E-state index in [1.165, 1.54) is 41.9 Å². The average molecular weight is 847 g/mol. The highest BCUT2D eigenvalue weighted by Gasteiger charge is 2.05. The molecule has 0 fully saturated rings. The van der Waals surface area contributed by atoms with Crippen LogP contribution in [0.15, 0.2) is 87.5 Å². The predicted octanol–water partition coefficient (Wildman–Crippen LogP) is 12.6. The van der Waals surface area contributed by atoms with Crippen molar-refractivity contribution in [2.45, 2.75) is 130 Å². The van der Waals surface area contributed by atoms with Gasteiger partial charge in [0.2, 0.25) is 0 Å². The number of thioether (sulfide) groups is 3. The number of hydrogen-bond donors (Lipinski definition) is 3. The van der Waals surface area contributed by atoms with Crippen molar-refractivity contribution >= 4 is 53.2 Å². The van der Waals surface area contributed by atoms with Gasteiger partial charge in [0.1, 0.15) is 17.2 Å². The SMILES string of the molecule is COc1ccccc1SCCCCCC(=O)O.COc1ccccc1SCCCCCCCC(=O)O.COc1ccccc1SCCCCCCCCCC(=O)O. The van der Waals surface area contributed by atoms with Crippen LogP contribution in [0.5, 0.6) is 17.2 Å². The fourth-order valence-electron chi connectivity index (χ4n) is 5.49. The van der Waals surface area contributed by atoms with Crippen molar-refractivity contribution in [1.29, 1.82) is 0 Å². The summed E-state index contributed by atoms with van der Waals surface area (Å²) < 4.78 is 15.9. The summed E-state index contributed by atoms with van der Waals surface area (Å²) in [5, 5.41) is 25.5. The fraction of sp³-hybridized carbons (Fsp3) is 0.533. The highest BCUT2D eigenvalue weighted by molar-refractivity contribution is 7.99. The molecule has 0 aliphatic heterocycles. The maximum atomic E-state index is 10.4. The minimum atomic E-state index is -0.706. The molecule has 0 spiro atoms. The molecule has 0 unspecified atom stereocenters. The lowest BCUT2D eigenvalue weighted by molar-refractivity contribution is -0.138. The number of methoxy groups -OCH3 is 3. The van der Waals surface area contributed by atoms with E-state index in [0.29, 0.717) is 12.8 Å². The minimum Gasteiger partial charge on any atom is -0.496 e. The van der Waals surface area contributed by atoms with Crippen molar-refractivity contribution in [1.82, 2.24) is 0 Å². The van der Waals surface area contributed by atoms with Gasteiger partial charge < -0.3 is 29.5 Å². The molecule has 0 amide bonds. The second-order valence-electron chi connectivity index (χ2n) is 13.2. The Morgan fingerprint density at radius 3 is 0.877 bits per heavy atom. The molecule has 0 saturated carbocycles. The molecule has 0 bridgehead atoms. The zero-order valence-electron chi connectivity index (χ0n) is 34.3.